The molecule has 0 aliphatic heterocycles. The van der Waals surface area contributed by atoms with Crippen LogP contribution in [0.4, 0.5) is 4.39 Å². The van der Waals surface area contributed by atoms with Crippen molar-refractivity contribution >= 4 is 15.9 Å². The van der Waals surface area contributed by atoms with Crippen LogP contribution in [0, 0.1) is 5.82 Å². The van der Waals surface area contributed by atoms with E-state index in [1.807, 2.05) is 6.92 Å². The van der Waals surface area contributed by atoms with Gasteiger partial charge >= 0.3 is 0 Å². The molecule has 0 radical (unpaired) electrons. The number of nitrogens with one attached hydrogen (secondary N) is 1. The largest absolute Gasteiger partial charge is 0.383 e. The summed E-state index contributed by atoms with van der Waals surface area (Å²) in [6.07, 6.45) is 0. The van der Waals surface area contributed by atoms with Crippen LogP contribution in [0.15, 0.2) is 22.7 Å². The van der Waals surface area contributed by atoms with Gasteiger partial charge in [0.15, 0.2) is 5.82 Å². The molecule has 2 aromatic rings. The Bertz CT molecular complexity index is 577. The van der Waals surface area contributed by atoms with E-state index in [1.165, 1.54) is 6.07 Å². The third-order valence-electron chi connectivity index (χ3n) is 2.79. The molecule has 6 nitrogen and oxygen atoms in total. The van der Waals surface area contributed by atoms with E-state index < -0.39 is 0 Å². The fourth-order valence-corrected chi connectivity index (χ4v) is 2.10. The fraction of sp³-hybridized carbons (Fsp3) is 0.417. The Labute approximate surface area is 124 Å². The van der Waals surface area contributed by atoms with Crippen molar-refractivity contribution in [2.45, 2.75) is 13.0 Å². The zero-order chi connectivity index (χ0) is 14.5. The van der Waals surface area contributed by atoms with Crippen molar-refractivity contribution in [1.82, 2.24) is 25.5 Å². The molecule has 1 N–H and O–H groups in total. The van der Waals surface area contributed by atoms with Gasteiger partial charge in [-0.2, -0.15) is 4.68 Å². The molecule has 0 fully saturated rings. The third kappa shape index (κ3) is 3.38. The summed E-state index contributed by atoms with van der Waals surface area (Å²) in [4.78, 5) is 0. The second-order valence-corrected chi connectivity index (χ2v) is 5.07. The quantitative estimate of drug-likeness (QED) is 0.811. The second-order valence-electron chi connectivity index (χ2n) is 4.22. The summed E-state index contributed by atoms with van der Waals surface area (Å²) in [6, 6.07) is 4.58. The first-order valence-corrected chi connectivity index (χ1v) is 6.88. The SMILES string of the molecule is COCCNC(C)c1nnnn1-c1ccc(F)c(Br)c1. The summed E-state index contributed by atoms with van der Waals surface area (Å²) < 4.78 is 20.2. The number of rotatable bonds is 6. The number of halogens is 2. The predicted octanol–water partition coefficient (Wildman–Crippen LogP) is 1.86. The van der Waals surface area contributed by atoms with Gasteiger partial charge in [-0.3, -0.25) is 0 Å². The van der Waals surface area contributed by atoms with E-state index in [2.05, 4.69) is 36.8 Å². The van der Waals surface area contributed by atoms with Crippen molar-refractivity contribution in [2.75, 3.05) is 20.3 Å². The van der Waals surface area contributed by atoms with Crippen LogP contribution < -0.4 is 5.32 Å². The Morgan fingerprint density at radius 3 is 3.00 bits per heavy atom. The van der Waals surface area contributed by atoms with Crippen molar-refractivity contribution in [3.63, 3.8) is 0 Å². The Hall–Kier alpha value is -1.38. The molecule has 0 aliphatic carbocycles. The molecule has 8 heteroatoms. The number of nitrogens with zero attached hydrogens (tertiary/aromatic N) is 4. The van der Waals surface area contributed by atoms with Gasteiger partial charge in [-0.05, 0) is 51.5 Å². The van der Waals surface area contributed by atoms with Gasteiger partial charge in [0.25, 0.3) is 0 Å². The summed E-state index contributed by atoms with van der Waals surface area (Å²) in [6.45, 7) is 3.25. The first-order valence-electron chi connectivity index (χ1n) is 6.09. The highest BCUT2D eigenvalue weighted by Crippen LogP contribution is 2.20. The van der Waals surface area contributed by atoms with Gasteiger partial charge in [0.2, 0.25) is 0 Å². The minimum Gasteiger partial charge on any atom is -0.383 e. The molecule has 20 heavy (non-hydrogen) atoms. The van der Waals surface area contributed by atoms with Crippen molar-refractivity contribution in [2.24, 2.45) is 0 Å². The van der Waals surface area contributed by atoms with Gasteiger partial charge in [-0.15, -0.1) is 5.10 Å². The summed E-state index contributed by atoms with van der Waals surface area (Å²) in [5.74, 6) is 0.328. The number of ether oxygens (including phenoxy) is 1. The Morgan fingerprint density at radius 1 is 1.50 bits per heavy atom. The van der Waals surface area contributed by atoms with Gasteiger partial charge in [0.05, 0.1) is 22.8 Å². The fourth-order valence-electron chi connectivity index (χ4n) is 1.73. The zero-order valence-corrected chi connectivity index (χ0v) is 12.8. The average molecular weight is 344 g/mol. The molecule has 1 aromatic carbocycles. The lowest BCUT2D eigenvalue weighted by Crippen LogP contribution is -2.25. The maximum absolute atomic E-state index is 13.3. The molecule has 0 spiro atoms. The lowest BCUT2D eigenvalue weighted by Gasteiger charge is -2.13. The topological polar surface area (TPSA) is 64.9 Å². The normalized spacial score (nSPS) is 12.6. The predicted molar refractivity (Wildman–Crippen MR) is 75.1 cm³/mol. The number of aromatic nitrogens is 4. The molecular formula is C12H15BrFN5O. The van der Waals surface area contributed by atoms with Gasteiger partial charge in [-0.1, -0.05) is 0 Å². The van der Waals surface area contributed by atoms with E-state index in [4.69, 9.17) is 4.74 Å². The smallest absolute Gasteiger partial charge is 0.173 e. The maximum atomic E-state index is 13.3. The van der Waals surface area contributed by atoms with Gasteiger partial charge in [0.1, 0.15) is 5.82 Å². The highest BCUT2D eigenvalue weighted by atomic mass is 79.9. The molecule has 0 saturated carbocycles. The summed E-state index contributed by atoms with van der Waals surface area (Å²) >= 11 is 3.16. The van der Waals surface area contributed by atoms with E-state index in [0.717, 1.165) is 0 Å². The van der Waals surface area contributed by atoms with Crippen LogP contribution in [-0.4, -0.2) is 40.5 Å². The molecule has 1 unspecified atom stereocenters. The molecule has 1 atom stereocenters. The maximum Gasteiger partial charge on any atom is 0.173 e. The average Bonchev–Trinajstić information content (AvgIpc) is 2.91. The van der Waals surface area contributed by atoms with Gasteiger partial charge in [0, 0.05) is 13.7 Å². The van der Waals surface area contributed by atoms with Crippen LogP contribution in [0.25, 0.3) is 5.69 Å². The van der Waals surface area contributed by atoms with Gasteiger partial charge < -0.3 is 10.1 Å². The zero-order valence-electron chi connectivity index (χ0n) is 11.2. The second kappa shape index (κ2) is 6.87. The van der Waals surface area contributed by atoms with Crippen LogP contribution in [0.2, 0.25) is 0 Å². The van der Waals surface area contributed by atoms with Crippen molar-refractivity contribution in [3.05, 3.63) is 34.3 Å². The van der Waals surface area contributed by atoms with Crippen LogP contribution in [0.5, 0.6) is 0 Å². The molecule has 0 saturated heterocycles. The summed E-state index contributed by atoms with van der Waals surface area (Å²) in [7, 11) is 1.65. The highest BCUT2D eigenvalue weighted by molar-refractivity contribution is 9.10. The molecule has 0 aliphatic rings. The Kier molecular flexibility index (Phi) is 5.16. The first-order chi connectivity index (χ1) is 9.63. The standard InChI is InChI=1S/C12H15BrFN5O/c1-8(15-5-6-20-2)12-16-17-18-19(12)9-3-4-11(14)10(13)7-9/h3-4,7-8,15H,5-6H2,1-2H3. The lowest BCUT2D eigenvalue weighted by molar-refractivity contribution is 0.196. The van der Waals surface area contributed by atoms with Crippen molar-refractivity contribution < 1.29 is 9.13 Å². The minimum atomic E-state index is -0.324. The number of benzene rings is 1. The summed E-state index contributed by atoms with van der Waals surface area (Å²) in [5.41, 5.74) is 0.693. The van der Waals surface area contributed by atoms with E-state index in [9.17, 15) is 4.39 Å². The number of hydrogen-bond donors (Lipinski definition) is 1. The van der Waals surface area contributed by atoms with Crippen molar-refractivity contribution in [1.29, 1.82) is 0 Å². The van der Waals surface area contributed by atoms with E-state index in [-0.39, 0.29) is 11.9 Å². The molecule has 0 amide bonds. The van der Waals surface area contributed by atoms with Crippen LogP contribution in [0.1, 0.15) is 18.8 Å². The third-order valence-corrected chi connectivity index (χ3v) is 3.39. The molecule has 1 heterocycles. The first kappa shape index (κ1) is 15.0. The molecule has 2 rings (SSSR count). The van der Waals surface area contributed by atoms with E-state index in [1.54, 1.807) is 23.9 Å². The van der Waals surface area contributed by atoms with E-state index in [0.29, 0.717) is 29.1 Å². The Balaban J connectivity index is 2.21. The molecule has 108 valence electrons. The van der Waals surface area contributed by atoms with E-state index >= 15 is 0 Å². The number of methoxy groups -OCH3 is 1. The Morgan fingerprint density at radius 2 is 2.30 bits per heavy atom. The van der Waals surface area contributed by atoms with Crippen LogP contribution in [-0.2, 0) is 4.74 Å². The van der Waals surface area contributed by atoms with Gasteiger partial charge in [-0.25, -0.2) is 4.39 Å². The number of hydrogen-bond acceptors (Lipinski definition) is 5. The highest BCUT2D eigenvalue weighted by Gasteiger charge is 2.15. The van der Waals surface area contributed by atoms with Crippen LogP contribution in [0.3, 0.4) is 0 Å². The van der Waals surface area contributed by atoms with Crippen LogP contribution >= 0.6 is 15.9 Å². The molecular weight excluding hydrogens is 329 g/mol. The lowest BCUT2D eigenvalue weighted by atomic mass is 10.2. The number of tetrazole rings is 1. The van der Waals surface area contributed by atoms with Crippen molar-refractivity contribution in [3.8, 4) is 5.69 Å². The summed E-state index contributed by atoms with van der Waals surface area (Å²) in [5, 5.41) is 14.9. The minimum absolute atomic E-state index is 0.0519. The monoisotopic (exact) mass is 343 g/mol. The molecule has 0 bridgehead atoms. The molecule has 1 aromatic heterocycles.